The SMILES string of the molecule is Cc1ccc(C2/C(=C(/O)c3cccc(Cl)c3)C(=O)C(=O)N2c2ccc(C)c(C)c2)o1. The highest BCUT2D eigenvalue weighted by Gasteiger charge is 2.48. The van der Waals surface area contributed by atoms with Crippen molar-refractivity contribution in [1.82, 2.24) is 0 Å². The average molecular weight is 422 g/mol. The summed E-state index contributed by atoms with van der Waals surface area (Å²) in [6.07, 6.45) is 0. The Kier molecular flexibility index (Phi) is 5.00. The van der Waals surface area contributed by atoms with Crippen molar-refractivity contribution in [2.75, 3.05) is 4.90 Å². The van der Waals surface area contributed by atoms with Gasteiger partial charge in [-0.25, -0.2) is 0 Å². The molecule has 30 heavy (non-hydrogen) atoms. The maximum absolute atomic E-state index is 13.1. The molecule has 1 aromatic heterocycles. The number of aliphatic hydroxyl groups excluding tert-OH is 1. The molecule has 1 saturated heterocycles. The molecular formula is C24H20ClNO4. The quantitative estimate of drug-likeness (QED) is 0.345. The summed E-state index contributed by atoms with van der Waals surface area (Å²) >= 11 is 6.06. The van der Waals surface area contributed by atoms with Crippen molar-refractivity contribution in [1.29, 1.82) is 0 Å². The first kappa shape index (κ1) is 20.0. The largest absolute Gasteiger partial charge is 0.507 e. The Bertz CT molecular complexity index is 1210. The summed E-state index contributed by atoms with van der Waals surface area (Å²) in [5, 5.41) is 11.4. The van der Waals surface area contributed by atoms with Gasteiger partial charge in [0.15, 0.2) is 0 Å². The van der Waals surface area contributed by atoms with Crippen LogP contribution in [0, 0.1) is 20.8 Å². The number of aryl methyl sites for hydroxylation is 3. The minimum Gasteiger partial charge on any atom is -0.507 e. The van der Waals surface area contributed by atoms with E-state index in [4.69, 9.17) is 16.0 Å². The van der Waals surface area contributed by atoms with Gasteiger partial charge in [0.25, 0.3) is 11.7 Å². The Morgan fingerprint density at radius 3 is 2.40 bits per heavy atom. The summed E-state index contributed by atoms with van der Waals surface area (Å²) in [7, 11) is 0. The fourth-order valence-electron chi connectivity index (χ4n) is 3.64. The van der Waals surface area contributed by atoms with E-state index in [0.717, 1.165) is 11.1 Å². The molecule has 2 aromatic carbocycles. The number of rotatable bonds is 3. The summed E-state index contributed by atoms with van der Waals surface area (Å²) in [5.41, 5.74) is 2.94. The van der Waals surface area contributed by atoms with Crippen molar-refractivity contribution >= 4 is 34.7 Å². The molecule has 1 aliphatic rings. The van der Waals surface area contributed by atoms with Gasteiger partial charge in [-0.2, -0.15) is 0 Å². The number of anilines is 1. The lowest BCUT2D eigenvalue weighted by atomic mass is 9.99. The van der Waals surface area contributed by atoms with E-state index >= 15 is 0 Å². The van der Waals surface area contributed by atoms with Gasteiger partial charge in [-0.1, -0.05) is 29.8 Å². The lowest BCUT2D eigenvalue weighted by Gasteiger charge is -2.24. The molecule has 1 N–H and O–H groups in total. The summed E-state index contributed by atoms with van der Waals surface area (Å²) < 4.78 is 5.79. The highest BCUT2D eigenvalue weighted by atomic mass is 35.5. The number of Topliss-reactive ketones (excluding diaryl/α,β-unsaturated/α-hetero) is 1. The Morgan fingerprint density at radius 2 is 1.77 bits per heavy atom. The molecule has 1 amide bonds. The highest BCUT2D eigenvalue weighted by molar-refractivity contribution is 6.51. The van der Waals surface area contributed by atoms with E-state index < -0.39 is 17.7 Å². The molecule has 5 nitrogen and oxygen atoms in total. The van der Waals surface area contributed by atoms with Crippen LogP contribution in [-0.2, 0) is 9.59 Å². The Labute approximate surface area is 179 Å². The number of aliphatic hydroxyl groups is 1. The molecule has 152 valence electrons. The number of amides is 1. The number of carbonyl (C=O) groups is 2. The molecular weight excluding hydrogens is 402 g/mol. The second kappa shape index (κ2) is 7.50. The van der Waals surface area contributed by atoms with Crippen molar-refractivity contribution < 1.29 is 19.1 Å². The van der Waals surface area contributed by atoms with E-state index in [1.807, 2.05) is 26.0 Å². The van der Waals surface area contributed by atoms with E-state index in [1.54, 1.807) is 49.4 Å². The van der Waals surface area contributed by atoms with E-state index in [9.17, 15) is 14.7 Å². The number of carbonyl (C=O) groups excluding carboxylic acids is 2. The second-order valence-electron chi connectivity index (χ2n) is 7.40. The fourth-order valence-corrected chi connectivity index (χ4v) is 3.83. The first-order chi connectivity index (χ1) is 14.3. The number of benzene rings is 2. The minimum atomic E-state index is -0.889. The predicted molar refractivity (Wildman–Crippen MR) is 116 cm³/mol. The minimum absolute atomic E-state index is 0.0326. The zero-order valence-corrected chi connectivity index (χ0v) is 17.5. The van der Waals surface area contributed by atoms with E-state index in [1.165, 1.54) is 4.90 Å². The molecule has 2 heterocycles. The zero-order valence-electron chi connectivity index (χ0n) is 16.8. The maximum Gasteiger partial charge on any atom is 0.300 e. The molecule has 1 unspecified atom stereocenters. The van der Waals surface area contributed by atoms with E-state index in [-0.39, 0.29) is 11.3 Å². The van der Waals surface area contributed by atoms with Crippen LogP contribution in [-0.4, -0.2) is 16.8 Å². The van der Waals surface area contributed by atoms with Crippen LogP contribution in [0.15, 0.2) is 64.6 Å². The third-order valence-electron chi connectivity index (χ3n) is 5.34. The maximum atomic E-state index is 13.1. The summed E-state index contributed by atoms with van der Waals surface area (Å²) in [4.78, 5) is 27.5. The van der Waals surface area contributed by atoms with E-state index in [2.05, 4.69) is 0 Å². The first-order valence-corrected chi connectivity index (χ1v) is 9.86. The normalized spacial score (nSPS) is 18.3. The number of furan rings is 1. The number of hydrogen-bond donors (Lipinski definition) is 1. The molecule has 6 heteroatoms. The van der Waals surface area contributed by atoms with Gasteiger partial charge >= 0.3 is 0 Å². The molecule has 0 radical (unpaired) electrons. The van der Waals surface area contributed by atoms with Gasteiger partial charge in [-0.15, -0.1) is 0 Å². The average Bonchev–Trinajstić information content (AvgIpc) is 3.25. The highest BCUT2D eigenvalue weighted by Crippen LogP contribution is 2.43. The van der Waals surface area contributed by atoms with Gasteiger partial charge in [0.1, 0.15) is 23.3 Å². The van der Waals surface area contributed by atoms with Crippen LogP contribution in [0.25, 0.3) is 5.76 Å². The Morgan fingerprint density at radius 1 is 1.00 bits per heavy atom. The molecule has 3 aromatic rings. The van der Waals surface area contributed by atoms with Crippen LogP contribution in [0.4, 0.5) is 5.69 Å². The van der Waals surface area contributed by atoms with Crippen molar-refractivity contribution in [3.63, 3.8) is 0 Å². The summed E-state index contributed by atoms with van der Waals surface area (Å²) in [6, 6.07) is 14.6. The van der Waals surface area contributed by atoms with Crippen molar-refractivity contribution in [3.8, 4) is 0 Å². The third kappa shape index (κ3) is 3.31. The molecule has 1 atom stereocenters. The lowest BCUT2D eigenvalue weighted by molar-refractivity contribution is -0.132. The second-order valence-corrected chi connectivity index (χ2v) is 7.83. The number of halogens is 1. The van der Waals surface area contributed by atoms with Gasteiger partial charge < -0.3 is 9.52 Å². The van der Waals surface area contributed by atoms with Crippen molar-refractivity contribution in [2.45, 2.75) is 26.8 Å². The summed E-state index contributed by atoms with van der Waals surface area (Å²) in [6.45, 7) is 5.69. The topological polar surface area (TPSA) is 70.8 Å². The van der Waals surface area contributed by atoms with Crippen LogP contribution in [0.1, 0.15) is 34.3 Å². The smallest absolute Gasteiger partial charge is 0.300 e. The molecule has 0 aliphatic carbocycles. The Balaban J connectivity index is 1.95. The van der Waals surface area contributed by atoms with Gasteiger partial charge in [0, 0.05) is 16.3 Å². The first-order valence-electron chi connectivity index (χ1n) is 9.48. The van der Waals surface area contributed by atoms with Crippen LogP contribution in [0.2, 0.25) is 5.02 Å². The van der Waals surface area contributed by atoms with Gasteiger partial charge in [-0.3, -0.25) is 14.5 Å². The lowest BCUT2D eigenvalue weighted by Crippen LogP contribution is -2.29. The molecule has 1 fully saturated rings. The molecule has 0 saturated carbocycles. The number of nitrogens with zero attached hydrogens (tertiary/aromatic N) is 1. The third-order valence-corrected chi connectivity index (χ3v) is 5.58. The van der Waals surface area contributed by atoms with Crippen LogP contribution < -0.4 is 4.90 Å². The standard InChI is InChI=1S/C24H20ClNO4/c1-13-7-9-18(11-14(13)2)26-21(19-10-8-15(3)30-19)20(23(28)24(26)29)22(27)16-5-4-6-17(25)12-16/h4-12,21,27H,1-3H3/b22-20-. The molecule has 4 rings (SSSR count). The molecule has 0 bridgehead atoms. The van der Waals surface area contributed by atoms with Gasteiger partial charge in [0.05, 0.1) is 5.57 Å². The van der Waals surface area contributed by atoms with Gasteiger partial charge in [-0.05, 0) is 68.3 Å². The predicted octanol–water partition coefficient (Wildman–Crippen LogP) is 5.48. The molecule has 1 aliphatic heterocycles. The molecule has 0 spiro atoms. The summed E-state index contributed by atoms with van der Waals surface area (Å²) in [5.74, 6) is -0.751. The fraction of sp³-hybridized carbons (Fsp3) is 0.167. The van der Waals surface area contributed by atoms with Gasteiger partial charge in [0.2, 0.25) is 0 Å². The van der Waals surface area contributed by atoms with Crippen LogP contribution in [0.3, 0.4) is 0 Å². The van der Waals surface area contributed by atoms with E-state index in [0.29, 0.717) is 27.8 Å². The number of ketones is 1. The number of hydrogen-bond acceptors (Lipinski definition) is 4. The van der Waals surface area contributed by atoms with Crippen LogP contribution in [0.5, 0.6) is 0 Å². The van der Waals surface area contributed by atoms with Crippen molar-refractivity contribution in [2.24, 2.45) is 0 Å². The zero-order chi connectivity index (χ0) is 21.6. The van der Waals surface area contributed by atoms with Crippen molar-refractivity contribution in [3.05, 3.63) is 93.4 Å². The van der Waals surface area contributed by atoms with Crippen LogP contribution >= 0.6 is 11.6 Å². The Hall–Kier alpha value is -3.31. The monoisotopic (exact) mass is 421 g/mol.